The number of hydrogen-bond donors (Lipinski definition) is 2. The van der Waals surface area contributed by atoms with Gasteiger partial charge in [0.05, 0.1) is 11.4 Å². The Balaban J connectivity index is 1.86. The van der Waals surface area contributed by atoms with E-state index in [1.807, 2.05) is 0 Å². The number of fused-ring (bicyclic) bond motifs is 4. The second-order valence-electron chi connectivity index (χ2n) is 6.69. The second kappa shape index (κ2) is 3.99. The molecule has 4 unspecified atom stereocenters. The van der Waals surface area contributed by atoms with E-state index in [1.165, 1.54) is 32.5 Å². The van der Waals surface area contributed by atoms with Gasteiger partial charge in [0.25, 0.3) is 0 Å². The first-order valence-electron chi connectivity index (χ1n) is 7.96. The zero-order chi connectivity index (χ0) is 15.3. The molecule has 1 saturated heterocycles. The van der Waals surface area contributed by atoms with Crippen molar-refractivity contribution < 1.29 is 10.2 Å². The van der Waals surface area contributed by atoms with Crippen LogP contribution in [0, 0.1) is 0 Å². The lowest BCUT2D eigenvalue weighted by atomic mass is 9.81. The highest BCUT2D eigenvalue weighted by Gasteiger charge is 2.53. The number of thioether (sulfide) groups is 1. The van der Waals surface area contributed by atoms with Crippen molar-refractivity contribution in [2.45, 2.75) is 22.7 Å². The molecule has 4 atom stereocenters. The minimum Gasteiger partial charge on any atom is -0.389 e. The van der Waals surface area contributed by atoms with E-state index in [2.05, 4.69) is 48.5 Å². The van der Waals surface area contributed by atoms with Crippen LogP contribution in [0.25, 0.3) is 32.3 Å². The average molecular weight is 318 g/mol. The maximum Gasteiger partial charge on any atom is 0.106 e. The topological polar surface area (TPSA) is 40.5 Å². The zero-order valence-corrected chi connectivity index (χ0v) is 13.0. The third-order valence-corrected chi connectivity index (χ3v) is 6.88. The maximum atomic E-state index is 10.5. The fourth-order valence-corrected chi connectivity index (χ4v) is 5.65. The quantitative estimate of drug-likeness (QED) is 0.378. The van der Waals surface area contributed by atoms with Crippen LogP contribution < -0.4 is 0 Å². The summed E-state index contributed by atoms with van der Waals surface area (Å²) in [7, 11) is 0. The Labute approximate surface area is 137 Å². The SMILES string of the molecule is OC1c2cc3ccc4cccc5ccc(c2C2SC2C1O)c3c45. The van der Waals surface area contributed by atoms with Crippen LogP contribution in [0.5, 0.6) is 0 Å². The van der Waals surface area contributed by atoms with Gasteiger partial charge in [0.2, 0.25) is 0 Å². The van der Waals surface area contributed by atoms with E-state index in [0.717, 1.165) is 10.9 Å². The number of hydrogen-bond acceptors (Lipinski definition) is 3. The molecule has 1 aliphatic heterocycles. The molecule has 6 rings (SSSR count). The molecule has 4 aromatic carbocycles. The standard InChI is InChI=1S/C20H14O2S/c21-17-13-8-11-5-4-9-2-1-3-10-6-7-12(15(11)14(9)10)16(13)19-20(23-19)18(17)22/h1-8,17-22H. The van der Waals surface area contributed by atoms with Crippen LogP contribution in [0.2, 0.25) is 0 Å². The Morgan fingerprint density at radius 2 is 1.57 bits per heavy atom. The summed E-state index contributed by atoms with van der Waals surface area (Å²) < 4.78 is 0. The summed E-state index contributed by atoms with van der Waals surface area (Å²) in [4.78, 5) is 0. The maximum absolute atomic E-state index is 10.5. The fourth-order valence-electron chi connectivity index (χ4n) is 4.40. The fraction of sp³-hybridized carbons (Fsp3) is 0.200. The minimum absolute atomic E-state index is 0.149. The smallest absolute Gasteiger partial charge is 0.106 e. The molecule has 0 aromatic heterocycles. The van der Waals surface area contributed by atoms with E-state index in [9.17, 15) is 10.2 Å². The molecule has 112 valence electrons. The van der Waals surface area contributed by atoms with Crippen LogP contribution in [0.15, 0.2) is 48.5 Å². The molecule has 0 amide bonds. The van der Waals surface area contributed by atoms with Crippen LogP contribution in [0.4, 0.5) is 0 Å². The van der Waals surface area contributed by atoms with Gasteiger partial charge in [-0.05, 0) is 49.5 Å². The zero-order valence-electron chi connectivity index (χ0n) is 12.2. The number of aliphatic hydroxyl groups excluding tert-OH is 2. The largest absolute Gasteiger partial charge is 0.389 e. The predicted molar refractivity (Wildman–Crippen MR) is 95.2 cm³/mol. The molecular formula is C20H14O2S. The Morgan fingerprint density at radius 3 is 2.39 bits per heavy atom. The van der Waals surface area contributed by atoms with Gasteiger partial charge in [0.1, 0.15) is 6.10 Å². The van der Waals surface area contributed by atoms with Crippen molar-refractivity contribution in [1.29, 1.82) is 0 Å². The molecule has 4 aromatic rings. The summed E-state index contributed by atoms with van der Waals surface area (Å²) >= 11 is 1.77. The van der Waals surface area contributed by atoms with Crippen LogP contribution in [-0.4, -0.2) is 21.6 Å². The van der Waals surface area contributed by atoms with E-state index < -0.39 is 12.2 Å². The van der Waals surface area contributed by atoms with Crippen LogP contribution in [0.3, 0.4) is 0 Å². The van der Waals surface area contributed by atoms with Gasteiger partial charge >= 0.3 is 0 Å². The second-order valence-corrected chi connectivity index (χ2v) is 8.02. The minimum atomic E-state index is -0.775. The van der Waals surface area contributed by atoms with Gasteiger partial charge in [-0.1, -0.05) is 42.5 Å². The first-order valence-corrected chi connectivity index (χ1v) is 8.90. The number of aliphatic hydroxyl groups is 2. The van der Waals surface area contributed by atoms with E-state index in [1.54, 1.807) is 11.8 Å². The van der Waals surface area contributed by atoms with Gasteiger partial charge in [-0.3, -0.25) is 0 Å². The lowest BCUT2D eigenvalue weighted by Gasteiger charge is -2.27. The Kier molecular flexibility index (Phi) is 2.18. The van der Waals surface area contributed by atoms with Crippen molar-refractivity contribution in [2.75, 3.05) is 0 Å². The lowest BCUT2D eigenvalue weighted by molar-refractivity contribution is 0.0163. The molecule has 23 heavy (non-hydrogen) atoms. The molecule has 3 heteroatoms. The van der Waals surface area contributed by atoms with E-state index in [0.29, 0.717) is 5.25 Å². The first-order chi connectivity index (χ1) is 11.2. The molecule has 1 fully saturated rings. The molecular weight excluding hydrogens is 304 g/mol. The number of benzene rings is 4. The molecule has 2 aliphatic rings. The van der Waals surface area contributed by atoms with Gasteiger partial charge in [-0.25, -0.2) is 0 Å². The summed E-state index contributed by atoms with van der Waals surface area (Å²) in [5.74, 6) is 0. The normalized spacial score (nSPS) is 29.1. The third kappa shape index (κ3) is 1.44. The number of rotatable bonds is 0. The predicted octanol–water partition coefficient (Wildman–Crippen LogP) is 4.15. The summed E-state index contributed by atoms with van der Waals surface area (Å²) in [6.07, 6.45) is -1.42. The molecule has 2 N–H and O–H groups in total. The van der Waals surface area contributed by atoms with Crippen molar-refractivity contribution in [1.82, 2.24) is 0 Å². The van der Waals surface area contributed by atoms with Crippen molar-refractivity contribution in [3.05, 3.63) is 59.7 Å². The first kappa shape index (κ1) is 12.6. The third-order valence-electron chi connectivity index (χ3n) is 5.51. The van der Waals surface area contributed by atoms with Crippen molar-refractivity contribution >= 4 is 44.1 Å². The molecule has 0 radical (unpaired) electrons. The molecule has 1 aliphatic carbocycles. The van der Waals surface area contributed by atoms with Crippen molar-refractivity contribution in [3.63, 3.8) is 0 Å². The summed E-state index contributed by atoms with van der Waals surface area (Å²) in [6, 6.07) is 17.2. The van der Waals surface area contributed by atoms with E-state index >= 15 is 0 Å². The van der Waals surface area contributed by atoms with E-state index in [4.69, 9.17) is 0 Å². The highest BCUT2D eigenvalue weighted by molar-refractivity contribution is 8.07. The Hall–Kier alpha value is -1.81. The highest BCUT2D eigenvalue weighted by Crippen LogP contribution is 2.64. The molecule has 0 bridgehead atoms. The van der Waals surface area contributed by atoms with Crippen molar-refractivity contribution in [2.24, 2.45) is 0 Å². The Morgan fingerprint density at radius 1 is 0.826 bits per heavy atom. The van der Waals surface area contributed by atoms with Crippen molar-refractivity contribution in [3.8, 4) is 0 Å². The van der Waals surface area contributed by atoms with Gasteiger partial charge in [0, 0.05) is 5.25 Å². The van der Waals surface area contributed by atoms with E-state index in [-0.39, 0.29) is 5.25 Å². The molecule has 1 heterocycles. The summed E-state index contributed by atoms with van der Waals surface area (Å²) in [6.45, 7) is 0. The molecule has 2 nitrogen and oxygen atoms in total. The Bertz CT molecular complexity index is 1090. The highest BCUT2D eigenvalue weighted by atomic mass is 32.2. The molecule has 0 saturated carbocycles. The van der Waals surface area contributed by atoms with Gasteiger partial charge in [-0.2, -0.15) is 0 Å². The van der Waals surface area contributed by atoms with Crippen LogP contribution in [0.1, 0.15) is 22.5 Å². The monoisotopic (exact) mass is 318 g/mol. The summed E-state index contributed by atoms with van der Waals surface area (Å²) in [5.41, 5.74) is 2.15. The summed E-state index contributed by atoms with van der Waals surface area (Å²) in [5, 5.41) is 28.8. The lowest BCUT2D eigenvalue weighted by Crippen LogP contribution is -2.28. The van der Waals surface area contributed by atoms with Gasteiger partial charge in [-0.15, -0.1) is 11.8 Å². The van der Waals surface area contributed by atoms with Gasteiger partial charge in [0.15, 0.2) is 0 Å². The van der Waals surface area contributed by atoms with Crippen LogP contribution >= 0.6 is 11.8 Å². The van der Waals surface area contributed by atoms with Gasteiger partial charge < -0.3 is 10.2 Å². The average Bonchev–Trinajstić information content (AvgIpc) is 3.37. The molecule has 0 spiro atoms. The van der Waals surface area contributed by atoms with Crippen LogP contribution in [-0.2, 0) is 0 Å².